The Kier molecular flexibility index (Phi) is 3.82. The maximum absolute atomic E-state index is 12.0. The summed E-state index contributed by atoms with van der Waals surface area (Å²) in [4.78, 5) is 11.2. The van der Waals surface area contributed by atoms with E-state index in [4.69, 9.17) is 5.26 Å². The highest BCUT2D eigenvalue weighted by Gasteiger charge is 2.18. The number of carbonyl (C=O) groups is 1. The molecule has 0 aliphatic rings. The molecule has 7 heteroatoms. The van der Waals surface area contributed by atoms with Gasteiger partial charge < -0.3 is 14.6 Å². The van der Waals surface area contributed by atoms with Crippen LogP contribution in [0.15, 0.2) is 12.1 Å². The maximum atomic E-state index is 12.0. The van der Waals surface area contributed by atoms with Gasteiger partial charge in [-0.25, -0.2) is 4.79 Å². The Labute approximate surface area is 94.8 Å². The number of hydrogen-bond donors (Lipinski definition) is 1. The Morgan fingerprint density at radius 2 is 2.18 bits per heavy atom. The first-order chi connectivity index (χ1) is 7.99. The molecule has 0 fully saturated rings. The van der Waals surface area contributed by atoms with Gasteiger partial charge in [0.1, 0.15) is 23.1 Å². The molecule has 0 saturated heterocycles. The second-order valence-corrected chi connectivity index (χ2v) is 2.85. The molecule has 5 nitrogen and oxygen atoms in total. The van der Waals surface area contributed by atoms with Gasteiger partial charge in [0.15, 0.2) is 0 Å². The number of aromatic hydroxyl groups is 1. The number of hydrogen-bond acceptors (Lipinski definition) is 5. The van der Waals surface area contributed by atoms with E-state index in [1.165, 1.54) is 0 Å². The lowest BCUT2D eigenvalue weighted by molar-refractivity contribution is -0.0501. The van der Waals surface area contributed by atoms with Crippen molar-refractivity contribution in [3.8, 4) is 17.6 Å². The number of nitriles is 1. The molecule has 0 aliphatic carbocycles. The highest BCUT2D eigenvalue weighted by Crippen LogP contribution is 2.29. The van der Waals surface area contributed by atoms with Gasteiger partial charge in [-0.3, -0.25) is 0 Å². The van der Waals surface area contributed by atoms with Crippen molar-refractivity contribution < 1.29 is 28.2 Å². The number of rotatable bonds is 3. The lowest BCUT2D eigenvalue weighted by atomic mass is 10.1. The van der Waals surface area contributed by atoms with E-state index >= 15 is 0 Å². The predicted octanol–water partition coefficient (Wildman–Crippen LogP) is 1.65. The van der Waals surface area contributed by atoms with Crippen LogP contribution in [0.4, 0.5) is 8.78 Å². The second kappa shape index (κ2) is 5.12. The van der Waals surface area contributed by atoms with Gasteiger partial charge in [0, 0.05) is 6.07 Å². The number of alkyl halides is 2. The maximum Gasteiger partial charge on any atom is 0.387 e. The number of esters is 1. The number of phenols is 1. The van der Waals surface area contributed by atoms with Gasteiger partial charge in [0.05, 0.1) is 12.7 Å². The minimum atomic E-state index is -3.13. The molecule has 0 spiro atoms. The molecule has 1 aromatic carbocycles. The summed E-state index contributed by atoms with van der Waals surface area (Å²) in [6.45, 7) is -3.13. The van der Waals surface area contributed by atoms with Gasteiger partial charge >= 0.3 is 12.6 Å². The van der Waals surface area contributed by atoms with Gasteiger partial charge in [-0.2, -0.15) is 14.0 Å². The van der Waals surface area contributed by atoms with Gasteiger partial charge in [-0.15, -0.1) is 0 Å². The molecule has 0 radical (unpaired) electrons. The minimum absolute atomic E-state index is 0.300. The zero-order chi connectivity index (χ0) is 13.0. The number of ether oxygens (including phenoxy) is 2. The van der Waals surface area contributed by atoms with Crippen molar-refractivity contribution in [1.29, 1.82) is 5.26 Å². The normalized spacial score (nSPS) is 9.82. The number of halogens is 2. The van der Waals surface area contributed by atoms with Gasteiger partial charge in [0.2, 0.25) is 0 Å². The fourth-order valence-corrected chi connectivity index (χ4v) is 1.12. The summed E-state index contributed by atoms with van der Waals surface area (Å²) < 4.78 is 32.3. The van der Waals surface area contributed by atoms with Crippen molar-refractivity contribution in [2.24, 2.45) is 0 Å². The van der Waals surface area contributed by atoms with Crippen LogP contribution in [-0.4, -0.2) is 24.8 Å². The third-order valence-electron chi connectivity index (χ3n) is 1.84. The zero-order valence-corrected chi connectivity index (χ0v) is 8.61. The number of phenolic OH excluding ortho intramolecular Hbond substituents is 1. The summed E-state index contributed by atoms with van der Waals surface area (Å²) in [7, 11) is 1.08. The van der Waals surface area contributed by atoms with Crippen LogP contribution in [0.3, 0.4) is 0 Å². The Morgan fingerprint density at radius 1 is 1.53 bits per heavy atom. The molecule has 1 aromatic rings. The molecule has 0 bridgehead atoms. The van der Waals surface area contributed by atoms with Crippen LogP contribution in [0.5, 0.6) is 11.5 Å². The molecule has 0 amide bonds. The summed E-state index contributed by atoms with van der Waals surface area (Å²) in [5, 5.41) is 18.1. The van der Waals surface area contributed by atoms with Crippen LogP contribution in [0.2, 0.25) is 0 Å². The summed E-state index contributed by atoms with van der Waals surface area (Å²) in [6, 6.07) is 3.25. The van der Waals surface area contributed by atoms with Gasteiger partial charge in [0.25, 0.3) is 0 Å². The number of nitrogens with zero attached hydrogens (tertiary/aromatic N) is 1. The van der Waals surface area contributed by atoms with E-state index in [1.807, 2.05) is 0 Å². The summed E-state index contributed by atoms with van der Waals surface area (Å²) in [5.41, 5.74) is -0.603. The average Bonchev–Trinajstić information content (AvgIpc) is 2.27. The molecule has 1 N–H and O–H groups in total. The molecule has 0 atom stereocenters. The van der Waals surface area contributed by atoms with Crippen LogP contribution in [0.1, 0.15) is 15.9 Å². The molecule has 0 saturated carbocycles. The molecule has 0 aromatic heterocycles. The van der Waals surface area contributed by atoms with E-state index in [1.54, 1.807) is 6.07 Å². The van der Waals surface area contributed by atoms with Crippen LogP contribution < -0.4 is 4.74 Å². The smallest absolute Gasteiger partial charge is 0.387 e. The van der Waals surface area contributed by atoms with E-state index in [0.29, 0.717) is 0 Å². The minimum Gasteiger partial charge on any atom is -0.507 e. The van der Waals surface area contributed by atoms with Crippen molar-refractivity contribution in [2.45, 2.75) is 6.61 Å². The number of carbonyl (C=O) groups excluding carboxylic acids is 1. The van der Waals surface area contributed by atoms with Crippen molar-refractivity contribution in [1.82, 2.24) is 0 Å². The molecule has 0 heterocycles. The van der Waals surface area contributed by atoms with Crippen molar-refractivity contribution >= 4 is 5.97 Å². The summed E-state index contributed by atoms with van der Waals surface area (Å²) >= 11 is 0. The Bertz CT molecular complexity index is 482. The lowest BCUT2D eigenvalue weighted by Gasteiger charge is -2.09. The van der Waals surface area contributed by atoms with Gasteiger partial charge in [-0.1, -0.05) is 0 Å². The molecule has 1 rings (SSSR count). The van der Waals surface area contributed by atoms with Crippen molar-refractivity contribution in [2.75, 3.05) is 7.11 Å². The zero-order valence-electron chi connectivity index (χ0n) is 8.61. The fraction of sp³-hybridized carbons (Fsp3) is 0.200. The van der Waals surface area contributed by atoms with E-state index in [-0.39, 0.29) is 11.1 Å². The number of methoxy groups -OCH3 is 1. The largest absolute Gasteiger partial charge is 0.507 e. The van der Waals surface area contributed by atoms with E-state index in [2.05, 4.69) is 9.47 Å². The Balaban J connectivity index is 3.25. The predicted molar refractivity (Wildman–Crippen MR) is 50.8 cm³/mol. The first-order valence-corrected chi connectivity index (χ1v) is 4.29. The highest BCUT2D eigenvalue weighted by atomic mass is 19.3. The SMILES string of the molecule is COC(=O)c1cc(C#N)c(OC(F)F)cc1O. The van der Waals surface area contributed by atoms with Crippen LogP contribution in [-0.2, 0) is 4.74 Å². The second-order valence-electron chi connectivity index (χ2n) is 2.85. The average molecular weight is 243 g/mol. The van der Waals surface area contributed by atoms with E-state index in [0.717, 1.165) is 19.2 Å². The first kappa shape index (κ1) is 12.7. The fourth-order valence-electron chi connectivity index (χ4n) is 1.12. The molecular weight excluding hydrogens is 236 g/mol. The van der Waals surface area contributed by atoms with Crippen LogP contribution in [0, 0.1) is 11.3 Å². The third-order valence-corrected chi connectivity index (χ3v) is 1.84. The molecule has 0 unspecified atom stereocenters. The number of benzene rings is 1. The van der Waals surface area contributed by atoms with E-state index in [9.17, 15) is 18.7 Å². The van der Waals surface area contributed by atoms with Gasteiger partial charge in [-0.05, 0) is 6.07 Å². The summed E-state index contributed by atoms with van der Waals surface area (Å²) in [6.07, 6.45) is 0. The summed E-state index contributed by atoms with van der Waals surface area (Å²) in [5.74, 6) is -2.00. The molecule has 90 valence electrons. The highest BCUT2D eigenvalue weighted by molar-refractivity contribution is 5.93. The molecule has 17 heavy (non-hydrogen) atoms. The third kappa shape index (κ3) is 2.81. The topological polar surface area (TPSA) is 79.6 Å². The van der Waals surface area contributed by atoms with Crippen LogP contribution in [0.25, 0.3) is 0 Å². The first-order valence-electron chi connectivity index (χ1n) is 4.29. The van der Waals surface area contributed by atoms with Crippen molar-refractivity contribution in [3.05, 3.63) is 23.3 Å². The van der Waals surface area contributed by atoms with E-state index < -0.39 is 24.1 Å². The van der Waals surface area contributed by atoms with Crippen molar-refractivity contribution in [3.63, 3.8) is 0 Å². The molecule has 0 aliphatic heterocycles. The quantitative estimate of drug-likeness (QED) is 0.816. The van der Waals surface area contributed by atoms with Crippen LogP contribution >= 0.6 is 0 Å². The Morgan fingerprint density at radius 3 is 2.65 bits per heavy atom. The molecular formula is C10H7F2NO4. The lowest BCUT2D eigenvalue weighted by Crippen LogP contribution is -2.06. The Hall–Kier alpha value is -2.36. The standard InChI is InChI=1S/C10H7F2NO4/c1-16-9(15)6-2-5(4-13)8(3-7(6)14)17-10(11)12/h2-3,10,14H,1H3. The monoisotopic (exact) mass is 243 g/mol.